The zero-order valence-corrected chi connectivity index (χ0v) is 16.6. The molecule has 27 heavy (non-hydrogen) atoms. The van der Waals surface area contributed by atoms with Gasteiger partial charge in [0.1, 0.15) is 17.5 Å². The van der Waals surface area contributed by atoms with E-state index in [0.29, 0.717) is 0 Å². The minimum Gasteiger partial charge on any atom is -0.370 e. The van der Waals surface area contributed by atoms with Crippen molar-refractivity contribution in [1.29, 1.82) is 0 Å². The summed E-state index contributed by atoms with van der Waals surface area (Å²) in [6.07, 6.45) is 6.81. The van der Waals surface area contributed by atoms with Crippen LogP contribution in [0, 0.1) is 6.92 Å². The monoisotopic (exact) mass is 365 g/mol. The molecule has 0 amide bonds. The lowest BCUT2D eigenvalue weighted by Crippen LogP contribution is -2.46. The largest absolute Gasteiger partial charge is 0.370 e. The molecule has 1 saturated heterocycles. The van der Waals surface area contributed by atoms with Crippen molar-refractivity contribution in [1.82, 2.24) is 14.9 Å². The van der Waals surface area contributed by atoms with Crippen LogP contribution in [0.3, 0.4) is 0 Å². The van der Waals surface area contributed by atoms with E-state index in [4.69, 9.17) is 0 Å². The summed E-state index contributed by atoms with van der Waals surface area (Å²) < 4.78 is 0. The van der Waals surface area contributed by atoms with Gasteiger partial charge in [0.05, 0.1) is 0 Å². The van der Waals surface area contributed by atoms with Gasteiger partial charge in [-0.05, 0) is 18.9 Å². The van der Waals surface area contributed by atoms with E-state index in [-0.39, 0.29) is 0 Å². The minimum absolute atomic E-state index is 0.833. The van der Waals surface area contributed by atoms with Crippen molar-refractivity contribution in [2.75, 3.05) is 49.5 Å². The van der Waals surface area contributed by atoms with E-state index in [1.54, 1.807) is 0 Å². The predicted octanol–water partition coefficient (Wildman–Crippen LogP) is 3.83. The number of aryl methyl sites for hydroxylation is 1. The van der Waals surface area contributed by atoms with Crippen LogP contribution in [0.15, 0.2) is 42.5 Å². The number of rotatable bonds is 8. The molecule has 0 aliphatic carbocycles. The van der Waals surface area contributed by atoms with E-state index in [1.165, 1.54) is 12.0 Å². The maximum atomic E-state index is 4.65. The average molecular weight is 366 g/mol. The van der Waals surface area contributed by atoms with Gasteiger partial charge in [-0.3, -0.25) is 4.90 Å². The van der Waals surface area contributed by atoms with Crippen LogP contribution in [0.25, 0.3) is 6.08 Å². The minimum atomic E-state index is 0.833. The first-order chi connectivity index (χ1) is 13.2. The van der Waals surface area contributed by atoms with Gasteiger partial charge in [0.15, 0.2) is 0 Å². The van der Waals surface area contributed by atoms with Crippen LogP contribution in [0.5, 0.6) is 0 Å². The summed E-state index contributed by atoms with van der Waals surface area (Å²) in [5, 5.41) is 3.42. The molecule has 0 saturated carbocycles. The smallest absolute Gasteiger partial charge is 0.134 e. The van der Waals surface area contributed by atoms with E-state index in [9.17, 15) is 0 Å². The van der Waals surface area contributed by atoms with Crippen LogP contribution in [-0.4, -0.2) is 54.1 Å². The molecular formula is C22H31N5. The van der Waals surface area contributed by atoms with Gasteiger partial charge < -0.3 is 10.2 Å². The lowest BCUT2D eigenvalue weighted by molar-refractivity contribution is 0.283. The molecule has 0 atom stereocenters. The van der Waals surface area contributed by atoms with E-state index >= 15 is 0 Å². The topological polar surface area (TPSA) is 44.3 Å². The molecule has 5 nitrogen and oxygen atoms in total. The molecule has 1 aliphatic heterocycles. The molecular weight excluding hydrogens is 334 g/mol. The third kappa shape index (κ3) is 6.07. The Balaban J connectivity index is 1.50. The SMILES string of the molecule is CCCCNc1cc(N2CCN(C/C=C/c3ccccc3)CC2)nc(C)n1. The van der Waals surface area contributed by atoms with Crippen molar-refractivity contribution >= 4 is 17.7 Å². The summed E-state index contributed by atoms with van der Waals surface area (Å²) in [6, 6.07) is 12.6. The maximum absolute atomic E-state index is 4.65. The van der Waals surface area contributed by atoms with E-state index < -0.39 is 0 Å². The number of anilines is 2. The fourth-order valence-corrected chi connectivity index (χ4v) is 3.26. The number of aromatic nitrogens is 2. The highest BCUT2D eigenvalue weighted by Crippen LogP contribution is 2.18. The van der Waals surface area contributed by atoms with Gasteiger partial charge in [-0.15, -0.1) is 0 Å². The number of nitrogens with zero attached hydrogens (tertiary/aromatic N) is 4. The fraction of sp³-hybridized carbons (Fsp3) is 0.455. The van der Waals surface area contributed by atoms with Gasteiger partial charge in [0.2, 0.25) is 0 Å². The molecule has 5 heteroatoms. The molecule has 0 spiro atoms. The Morgan fingerprint density at radius 2 is 1.85 bits per heavy atom. The summed E-state index contributed by atoms with van der Waals surface area (Å²) in [5.41, 5.74) is 1.26. The molecule has 2 heterocycles. The molecule has 1 aliphatic rings. The summed E-state index contributed by atoms with van der Waals surface area (Å²) in [7, 11) is 0. The first kappa shape index (κ1) is 19.4. The normalized spacial score (nSPS) is 15.4. The van der Waals surface area contributed by atoms with E-state index in [2.05, 4.69) is 80.6 Å². The molecule has 0 radical (unpaired) electrons. The number of hydrogen-bond acceptors (Lipinski definition) is 5. The number of benzene rings is 1. The van der Waals surface area contributed by atoms with Crippen LogP contribution in [0.4, 0.5) is 11.6 Å². The molecule has 1 fully saturated rings. The summed E-state index contributed by atoms with van der Waals surface area (Å²) in [5.74, 6) is 2.82. The Morgan fingerprint density at radius 1 is 1.07 bits per heavy atom. The maximum Gasteiger partial charge on any atom is 0.134 e. The highest BCUT2D eigenvalue weighted by molar-refractivity contribution is 5.50. The third-order valence-electron chi connectivity index (χ3n) is 4.83. The van der Waals surface area contributed by atoms with Gasteiger partial charge >= 0.3 is 0 Å². The van der Waals surface area contributed by atoms with Crippen molar-refractivity contribution in [2.24, 2.45) is 0 Å². The van der Waals surface area contributed by atoms with Crippen molar-refractivity contribution in [2.45, 2.75) is 26.7 Å². The second-order valence-corrected chi connectivity index (χ2v) is 7.04. The van der Waals surface area contributed by atoms with Gasteiger partial charge in [-0.25, -0.2) is 9.97 Å². The molecule has 1 aromatic heterocycles. The Hall–Kier alpha value is -2.40. The number of nitrogens with one attached hydrogen (secondary N) is 1. The fourth-order valence-electron chi connectivity index (χ4n) is 3.26. The molecule has 144 valence electrons. The van der Waals surface area contributed by atoms with Crippen molar-refractivity contribution < 1.29 is 0 Å². The highest BCUT2D eigenvalue weighted by atomic mass is 15.3. The number of piperazine rings is 1. The lowest BCUT2D eigenvalue weighted by Gasteiger charge is -2.35. The Bertz CT molecular complexity index is 721. The van der Waals surface area contributed by atoms with E-state index in [0.717, 1.165) is 63.1 Å². The van der Waals surface area contributed by atoms with Crippen LogP contribution >= 0.6 is 0 Å². The number of hydrogen-bond donors (Lipinski definition) is 1. The van der Waals surface area contributed by atoms with Crippen molar-refractivity contribution in [3.63, 3.8) is 0 Å². The van der Waals surface area contributed by atoms with Gasteiger partial charge in [0.25, 0.3) is 0 Å². The second-order valence-electron chi connectivity index (χ2n) is 7.04. The molecule has 1 N–H and O–H groups in total. The second kappa shape index (κ2) is 10.1. The standard InChI is InChI=1S/C22H31N5/c1-3-4-12-23-21-18-22(25-19(2)24-21)27-16-14-26(15-17-27)13-8-11-20-9-6-5-7-10-20/h5-11,18H,3-4,12-17H2,1-2H3,(H,23,24,25)/b11-8+. The molecule has 1 aromatic carbocycles. The van der Waals surface area contributed by atoms with Crippen LogP contribution in [0.1, 0.15) is 31.2 Å². The average Bonchev–Trinajstić information content (AvgIpc) is 2.69. The quantitative estimate of drug-likeness (QED) is 0.720. The van der Waals surface area contributed by atoms with Gasteiger partial charge in [-0.1, -0.05) is 55.8 Å². The van der Waals surface area contributed by atoms with Gasteiger partial charge in [-0.2, -0.15) is 0 Å². The molecule has 0 bridgehead atoms. The zero-order valence-electron chi connectivity index (χ0n) is 16.6. The third-order valence-corrected chi connectivity index (χ3v) is 4.83. The van der Waals surface area contributed by atoms with Crippen LogP contribution < -0.4 is 10.2 Å². The highest BCUT2D eigenvalue weighted by Gasteiger charge is 2.18. The lowest BCUT2D eigenvalue weighted by atomic mass is 10.2. The first-order valence-corrected chi connectivity index (χ1v) is 10.0. The first-order valence-electron chi connectivity index (χ1n) is 10.0. The Labute approximate surface area is 163 Å². The molecule has 2 aromatic rings. The van der Waals surface area contributed by atoms with Crippen LogP contribution in [0.2, 0.25) is 0 Å². The number of unbranched alkanes of at least 4 members (excludes halogenated alkanes) is 1. The Morgan fingerprint density at radius 3 is 2.59 bits per heavy atom. The predicted molar refractivity (Wildman–Crippen MR) is 114 cm³/mol. The molecule has 0 unspecified atom stereocenters. The Kier molecular flexibility index (Phi) is 7.22. The summed E-state index contributed by atoms with van der Waals surface area (Å²) in [4.78, 5) is 14.0. The summed E-state index contributed by atoms with van der Waals surface area (Å²) in [6.45, 7) is 10.3. The zero-order chi connectivity index (χ0) is 18.9. The van der Waals surface area contributed by atoms with Crippen molar-refractivity contribution in [3.8, 4) is 0 Å². The summed E-state index contributed by atoms with van der Waals surface area (Å²) >= 11 is 0. The molecule has 3 rings (SSSR count). The van der Waals surface area contributed by atoms with Gasteiger partial charge in [0, 0.05) is 45.3 Å². The van der Waals surface area contributed by atoms with E-state index in [1.807, 2.05) is 6.92 Å². The van der Waals surface area contributed by atoms with Crippen molar-refractivity contribution in [3.05, 3.63) is 53.9 Å². The van der Waals surface area contributed by atoms with Crippen LogP contribution in [-0.2, 0) is 0 Å².